The molecule has 0 spiro atoms. The van der Waals surface area contributed by atoms with Crippen LogP contribution in [0.4, 0.5) is 11.4 Å². The maximum absolute atomic E-state index is 12.6. The van der Waals surface area contributed by atoms with Gasteiger partial charge in [0.25, 0.3) is 5.56 Å². The largest absolute Gasteiger partial charge is 0.372 e. The van der Waals surface area contributed by atoms with Crippen LogP contribution in [0, 0.1) is 0 Å². The van der Waals surface area contributed by atoms with Crippen LogP contribution in [-0.2, 0) is 11.3 Å². The van der Waals surface area contributed by atoms with Gasteiger partial charge < -0.3 is 10.2 Å². The number of carbonyl (C=O) groups is 1. The Morgan fingerprint density at radius 1 is 1.07 bits per heavy atom. The van der Waals surface area contributed by atoms with Crippen LogP contribution < -0.4 is 15.8 Å². The number of rotatable bonds is 4. The first-order valence-electron chi connectivity index (χ1n) is 9.40. The number of anilines is 2. The van der Waals surface area contributed by atoms with Crippen LogP contribution in [0.15, 0.2) is 53.6 Å². The number of benzene rings is 2. The zero-order valence-corrected chi connectivity index (χ0v) is 16.2. The normalized spacial score (nSPS) is 14.2. The van der Waals surface area contributed by atoms with Crippen molar-refractivity contribution in [1.29, 1.82) is 0 Å². The molecule has 1 aromatic heterocycles. The molecule has 6 nitrogen and oxygen atoms in total. The molecule has 4 rings (SSSR count). The topological polar surface area (TPSA) is 67.2 Å². The van der Waals surface area contributed by atoms with Crippen molar-refractivity contribution < 1.29 is 4.79 Å². The summed E-state index contributed by atoms with van der Waals surface area (Å²) in [6.07, 6.45) is 5.12. The summed E-state index contributed by atoms with van der Waals surface area (Å²) < 4.78 is 1.29. The lowest BCUT2D eigenvalue weighted by Crippen LogP contribution is -2.29. The summed E-state index contributed by atoms with van der Waals surface area (Å²) in [7, 11) is 0. The molecule has 1 N–H and O–H groups in total. The van der Waals surface area contributed by atoms with Crippen molar-refractivity contribution in [2.45, 2.75) is 25.8 Å². The molecule has 2 aromatic carbocycles. The van der Waals surface area contributed by atoms with Crippen molar-refractivity contribution in [2.75, 3.05) is 23.3 Å². The van der Waals surface area contributed by atoms with Gasteiger partial charge in [0.2, 0.25) is 5.91 Å². The lowest BCUT2D eigenvalue weighted by Gasteiger charge is -2.28. The first-order chi connectivity index (χ1) is 13.6. The van der Waals surface area contributed by atoms with E-state index in [9.17, 15) is 9.59 Å². The van der Waals surface area contributed by atoms with Crippen LogP contribution >= 0.6 is 11.6 Å². The van der Waals surface area contributed by atoms with E-state index in [-0.39, 0.29) is 18.0 Å². The Hall–Kier alpha value is -2.86. The number of fused-ring (bicyclic) bond motifs is 1. The van der Waals surface area contributed by atoms with E-state index >= 15 is 0 Å². The number of nitrogens with one attached hydrogen (secondary N) is 1. The van der Waals surface area contributed by atoms with E-state index in [4.69, 9.17) is 11.6 Å². The fraction of sp³-hybridized carbons (Fsp3) is 0.286. The fourth-order valence-corrected chi connectivity index (χ4v) is 3.68. The molecule has 0 radical (unpaired) electrons. The molecule has 7 heteroatoms. The average molecular weight is 397 g/mol. The molecule has 144 valence electrons. The molecule has 0 unspecified atom stereocenters. The minimum Gasteiger partial charge on any atom is -0.372 e. The zero-order chi connectivity index (χ0) is 19.5. The second kappa shape index (κ2) is 8.02. The third kappa shape index (κ3) is 4.02. The van der Waals surface area contributed by atoms with Crippen molar-refractivity contribution >= 4 is 39.8 Å². The number of nitrogens with zero attached hydrogens (tertiary/aromatic N) is 3. The Kier molecular flexibility index (Phi) is 5.30. The number of hydrogen-bond acceptors (Lipinski definition) is 4. The monoisotopic (exact) mass is 396 g/mol. The van der Waals surface area contributed by atoms with Crippen LogP contribution in [0.2, 0.25) is 5.02 Å². The summed E-state index contributed by atoms with van der Waals surface area (Å²) in [5.41, 5.74) is 2.14. The lowest BCUT2D eigenvalue weighted by atomic mass is 10.1. The highest BCUT2D eigenvalue weighted by molar-refractivity contribution is 6.31. The van der Waals surface area contributed by atoms with Gasteiger partial charge in [-0.3, -0.25) is 14.2 Å². The van der Waals surface area contributed by atoms with Crippen molar-refractivity contribution in [3.63, 3.8) is 0 Å². The van der Waals surface area contributed by atoms with E-state index in [0.717, 1.165) is 13.1 Å². The number of carbonyl (C=O) groups excluding carboxylic acids is 1. The molecule has 1 aliphatic rings. The van der Waals surface area contributed by atoms with Crippen LogP contribution in [0.5, 0.6) is 0 Å². The quantitative estimate of drug-likeness (QED) is 0.730. The SMILES string of the molecule is O=C(Cn1cnc2ccc(Cl)cc2c1=O)Nc1ccc(N2CCCCC2)cc1. The minimum atomic E-state index is -0.289. The highest BCUT2D eigenvalue weighted by Crippen LogP contribution is 2.21. The smallest absolute Gasteiger partial charge is 0.261 e. The molecular weight excluding hydrogens is 376 g/mol. The average Bonchev–Trinajstić information content (AvgIpc) is 2.72. The summed E-state index contributed by atoms with van der Waals surface area (Å²) in [5, 5.41) is 3.69. The number of aromatic nitrogens is 2. The van der Waals surface area contributed by atoms with Gasteiger partial charge in [-0.25, -0.2) is 4.98 Å². The molecule has 1 fully saturated rings. The molecule has 3 aromatic rings. The highest BCUT2D eigenvalue weighted by atomic mass is 35.5. The number of amides is 1. The van der Waals surface area contributed by atoms with E-state index in [1.54, 1.807) is 18.2 Å². The Balaban J connectivity index is 1.45. The Morgan fingerprint density at radius 3 is 2.57 bits per heavy atom. The summed E-state index contributed by atoms with van der Waals surface area (Å²) >= 11 is 5.97. The summed E-state index contributed by atoms with van der Waals surface area (Å²) in [6.45, 7) is 2.05. The molecule has 0 bridgehead atoms. The predicted molar refractivity (Wildman–Crippen MR) is 112 cm³/mol. The van der Waals surface area contributed by atoms with E-state index in [2.05, 4.69) is 15.2 Å². The van der Waals surface area contributed by atoms with E-state index in [1.807, 2.05) is 24.3 Å². The van der Waals surface area contributed by atoms with Crippen molar-refractivity contribution in [3.8, 4) is 0 Å². The number of piperidine rings is 1. The zero-order valence-electron chi connectivity index (χ0n) is 15.4. The third-order valence-corrected chi connectivity index (χ3v) is 5.21. The molecule has 0 saturated carbocycles. The summed E-state index contributed by atoms with van der Waals surface area (Å²) in [6, 6.07) is 12.8. The Labute approximate surface area is 167 Å². The molecule has 1 aliphatic heterocycles. The minimum absolute atomic E-state index is 0.109. The van der Waals surface area contributed by atoms with Gasteiger partial charge in [0.05, 0.1) is 17.2 Å². The van der Waals surface area contributed by atoms with Gasteiger partial charge in [0, 0.05) is 29.5 Å². The van der Waals surface area contributed by atoms with Crippen molar-refractivity contribution in [1.82, 2.24) is 9.55 Å². The third-order valence-electron chi connectivity index (χ3n) is 4.97. The van der Waals surface area contributed by atoms with Crippen molar-refractivity contribution in [3.05, 3.63) is 64.2 Å². The van der Waals surface area contributed by atoms with Gasteiger partial charge >= 0.3 is 0 Å². The van der Waals surface area contributed by atoms with Crippen LogP contribution in [-0.4, -0.2) is 28.5 Å². The molecule has 0 atom stereocenters. The van der Waals surface area contributed by atoms with E-state index in [1.165, 1.54) is 35.8 Å². The van der Waals surface area contributed by atoms with Gasteiger partial charge in [-0.05, 0) is 61.7 Å². The van der Waals surface area contributed by atoms with Gasteiger partial charge in [0.1, 0.15) is 6.54 Å². The van der Waals surface area contributed by atoms with E-state index < -0.39 is 0 Å². The summed E-state index contributed by atoms with van der Waals surface area (Å²) in [4.78, 5) is 31.5. The van der Waals surface area contributed by atoms with Crippen LogP contribution in [0.1, 0.15) is 19.3 Å². The lowest BCUT2D eigenvalue weighted by molar-refractivity contribution is -0.116. The molecule has 2 heterocycles. The van der Waals surface area contributed by atoms with Crippen molar-refractivity contribution in [2.24, 2.45) is 0 Å². The molecule has 0 aliphatic carbocycles. The molecule has 1 amide bonds. The van der Waals surface area contributed by atoms with Gasteiger partial charge in [-0.15, -0.1) is 0 Å². The Bertz CT molecular complexity index is 1060. The Morgan fingerprint density at radius 2 is 1.82 bits per heavy atom. The van der Waals surface area contributed by atoms with Crippen LogP contribution in [0.25, 0.3) is 10.9 Å². The fourth-order valence-electron chi connectivity index (χ4n) is 3.51. The number of hydrogen-bond donors (Lipinski definition) is 1. The molecule has 1 saturated heterocycles. The second-order valence-electron chi connectivity index (χ2n) is 6.98. The predicted octanol–water partition coefficient (Wildman–Crippen LogP) is 3.68. The van der Waals surface area contributed by atoms with Gasteiger partial charge in [-0.2, -0.15) is 0 Å². The standard InChI is InChI=1S/C21H21ClN4O2/c22-15-4-9-19-18(12-15)21(28)26(14-23-19)13-20(27)24-16-5-7-17(8-6-16)25-10-2-1-3-11-25/h4-9,12,14H,1-3,10-11,13H2,(H,24,27). The summed E-state index contributed by atoms with van der Waals surface area (Å²) in [5.74, 6) is -0.281. The molecular formula is C21H21ClN4O2. The maximum atomic E-state index is 12.6. The van der Waals surface area contributed by atoms with Crippen LogP contribution in [0.3, 0.4) is 0 Å². The maximum Gasteiger partial charge on any atom is 0.261 e. The van der Waals surface area contributed by atoms with E-state index in [0.29, 0.717) is 21.6 Å². The number of halogens is 1. The highest BCUT2D eigenvalue weighted by Gasteiger charge is 2.12. The first-order valence-corrected chi connectivity index (χ1v) is 9.77. The van der Waals surface area contributed by atoms with Gasteiger partial charge in [-0.1, -0.05) is 11.6 Å². The second-order valence-corrected chi connectivity index (χ2v) is 7.42. The first kappa shape index (κ1) is 18.5. The van der Waals surface area contributed by atoms with Gasteiger partial charge in [0.15, 0.2) is 0 Å². The molecule has 28 heavy (non-hydrogen) atoms.